The van der Waals surface area contributed by atoms with E-state index in [1.54, 1.807) is 12.1 Å². The summed E-state index contributed by atoms with van der Waals surface area (Å²) in [4.78, 5) is 42.0. The van der Waals surface area contributed by atoms with Crippen LogP contribution < -0.4 is 27.5 Å². The summed E-state index contributed by atoms with van der Waals surface area (Å²) in [6.45, 7) is 3.59. The van der Waals surface area contributed by atoms with Crippen LogP contribution >= 0.6 is 0 Å². The quantitative estimate of drug-likeness (QED) is 0.104. The number of amides is 2. The number of carbonyl (C=O) groups excluding carboxylic acids is 3. The Morgan fingerprint density at radius 1 is 1.24 bits per heavy atom. The van der Waals surface area contributed by atoms with Crippen molar-refractivity contribution in [3.8, 4) is 5.75 Å². The molecule has 12 nitrogen and oxygen atoms in total. The van der Waals surface area contributed by atoms with Gasteiger partial charge in [0.2, 0.25) is 0 Å². The number of amidine groups is 1. The normalized spacial score (nSPS) is 19.0. The van der Waals surface area contributed by atoms with Gasteiger partial charge < -0.3 is 31.4 Å². The summed E-state index contributed by atoms with van der Waals surface area (Å²) in [5.74, 6) is -0.995. The molecule has 1 aliphatic rings. The summed E-state index contributed by atoms with van der Waals surface area (Å²) in [6.07, 6.45) is 4.41. The number of nitrogens with zero attached hydrogens (tertiary/aromatic N) is 1. The van der Waals surface area contributed by atoms with Crippen molar-refractivity contribution in [1.82, 2.24) is 5.32 Å². The Balaban J connectivity index is 1.98. The standard InChI is InChI=1S/C25H34N6O6/c1-14(2)30-25(35)37-17-8-7-15(9-17)19(26)10-22(27)31-24(34)20(29-3)11-23(28)36-13-16-5-4-6-21(33)18(16)12-32/h4-6,10-12,14-15,17,33H,7-9,13,26,28H2,1-3H3,(H,30,35)(H2,27,31,34)/p+1/b19-10-,23-11+,29-20?/t15-,17+/m0/s1. The number of aromatic hydroxyl groups is 1. The molecule has 2 atom stereocenters. The van der Waals surface area contributed by atoms with Crippen LogP contribution in [0.5, 0.6) is 5.75 Å². The molecule has 0 heterocycles. The van der Waals surface area contributed by atoms with E-state index in [1.165, 1.54) is 25.3 Å². The number of aldehydes is 1. The van der Waals surface area contributed by atoms with Gasteiger partial charge in [-0.3, -0.25) is 15.5 Å². The maximum Gasteiger partial charge on any atom is 0.407 e. The van der Waals surface area contributed by atoms with Gasteiger partial charge in [0.25, 0.3) is 5.84 Å². The average molecular weight is 516 g/mol. The number of alkyl carbamates (subject to hydrolysis) is 1. The molecule has 1 aliphatic carbocycles. The fourth-order valence-electron chi connectivity index (χ4n) is 3.73. The van der Waals surface area contributed by atoms with Gasteiger partial charge in [0.05, 0.1) is 5.56 Å². The Kier molecular flexibility index (Phi) is 10.7. The summed E-state index contributed by atoms with van der Waals surface area (Å²) in [5, 5.41) is 12.4. The monoisotopic (exact) mass is 515 g/mol. The molecular formula is C25H35N6O6+. The molecule has 2 rings (SSSR count). The van der Waals surface area contributed by atoms with E-state index < -0.39 is 12.0 Å². The van der Waals surface area contributed by atoms with E-state index in [-0.39, 0.29) is 53.4 Å². The highest BCUT2D eigenvalue weighted by Gasteiger charge is 2.29. The van der Waals surface area contributed by atoms with Gasteiger partial charge in [-0.2, -0.15) is 0 Å². The molecule has 0 aliphatic heterocycles. The van der Waals surface area contributed by atoms with Gasteiger partial charge in [-0.15, -0.1) is 0 Å². The van der Waals surface area contributed by atoms with E-state index in [0.717, 1.165) is 0 Å². The van der Waals surface area contributed by atoms with E-state index in [9.17, 15) is 19.5 Å². The van der Waals surface area contributed by atoms with Gasteiger partial charge in [-0.25, -0.2) is 14.6 Å². The lowest BCUT2D eigenvalue weighted by Crippen LogP contribution is -2.81. The van der Waals surface area contributed by atoms with Gasteiger partial charge in [-0.1, -0.05) is 12.1 Å². The lowest BCUT2D eigenvalue weighted by atomic mass is 10.0. The second-order valence-electron chi connectivity index (χ2n) is 8.80. The van der Waals surface area contributed by atoms with Crippen molar-refractivity contribution in [1.29, 1.82) is 0 Å². The molecule has 0 radical (unpaired) electrons. The molecule has 9 N–H and O–H groups in total. The molecular weight excluding hydrogens is 480 g/mol. The first-order valence-corrected chi connectivity index (χ1v) is 11.7. The third-order valence-electron chi connectivity index (χ3n) is 5.55. The molecule has 0 unspecified atom stereocenters. The van der Waals surface area contributed by atoms with Crippen molar-refractivity contribution in [2.75, 3.05) is 7.05 Å². The second-order valence-corrected chi connectivity index (χ2v) is 8.80. The Hall–Kier alpha value is -4.35. The molecule has 1 saturated carbocycles. The first-order valence-electron chi connectivity index (χ1n) is 11.7. The highest BCUT2D eigenvalue weighted by Crippen LogP contribution is 2.31. The van der Waals surface area contributed by atoms with Gasteiger partial charge in [0.15, 0.2) is 17.9 Å². The number of aliphatic imine (C=N–C) groups is 1. The summed E-state index contributed by atoms with van der Waals surface area (Å²) in [7, 11) is 1.40. The van der Waals surface area contributed by atoms with Crippen molar-refractivity contribution in [2.45, 2.75) is 51.9 Å². The minimum Gasteiger partial charge on any atom is -0.507 e. The van der Waals surface area contributed by atoms with E-state index in [0.29, 0.717) is 36.8 Å². The van der Waals surface area contributed by atoms with Crippen molar-refractivity contribution >= 4 is 29.8 Å². The molecule has 37 heavy (non-hydrogen) atoms. The predicted molar refractivity (Wildman–Crippen MR) is 137 cm³/mol. The number of ether oxygens (including phenoxy) is 2. The number of nitrogens with two attached hydrogens (primary N) is 3. The van der Waals surface area contributed by atoms with Crippen molar-refractivity contribution in [2.24, 2.45) is 28.1 Å². The summed E-state index contributed by atoms with van der Waals surface area (Å²) in [6, 6.07) is 4.53. The molecule has 1 aromatic carbocycles. The van der Waals surface area contributed by atoms with Crippen molar-refractivity contribution in [3.05, 3.63) is 53.1 Å². The van der Waals surface area contributed by atoms with Crippen LogP contribution in [0.4, 0.5) is 4.79 Å². The predicted octanol–water partition coefficient (Wildman–Crippen LogP) is -0.297. The van der Waals surface area contributed by atoms with Crippen LogP contribution in [-0.4, -0.2) is 54.1 Å². The number of allylic oxidation sites excluding steroid dienone is 1. The molecule has 2 amide bonds. The highest BCUT2D eigenvalue weighted by atomic mass is 16.6. The number of rotatable bonds is 10. The molecule has 0 saturated heterocycles. The van der Waals surface area contributed by atoms with Crippen LogP contribution in [0.1, 0.15) is 49.0 Å². The van der Waals surface area contributed by atoms with Crippen LogP contribution in [0.25, 0.3) is 0 Å². The topological polar surface area (TPSA) is 206 Å². The fourth-order valence-corrected chi connectivity index (χ4v) is 3.73. The number of carbonyl (C=O) groups is 3. The van der Waals surface area contributed by atoms with E-state index in [4.69, 9.17) is 26.7 Å². The lowest BCUT2D eigenvalue weighted by Gasteiger charge is -2.15. The lowest BCUT2D eigenvalue weighted by molar-refractivity contribution is -0.367. The molecule has 1 aromatic rings. The number of phenolic OH excluding ortho intramolecular Hbond substituents is 1. The number of benzene rings is 1. The zero-order chi connectivity index (χ0) is 27.5. The zero-order valence-corrected chi connectivity index (χ0v) is 21.2. The highest BCUT2D eigenvalue weighted by molar-refractivity contribution is 6.40. The molecule has 200 valence electrons. The Morgan fingerprint density at radius 3 is 2.62 bits per heavy atom. The molecule has 1 fully saturated rings. The summed E-state index contributed by atoms with van der Waals surface area (Å²) < 4.78 is 10.8. The molecule has 0 bridgehead atoms. The average Bonchev–Trinajstić information content (AvgIpc) is 3.28. The summed E-state index contributed by atoms with van der Waals surface area (Å²) >= 11 is 0. The maximum absolute atomic E-state index is 12.6. The number of nitrogens with one attached hydrogen (secondary N) is 2. The minimum absolute atomic E-state index is 0.00819. The third kappa shape index (κ3) is 8.98. The minimum atomic E-state index is -0.639. The van der Waals surface area contributed by atoms with E-state index in [1.807, 2.05) is 13.8 Å². The van der Waals surface area contributed by atoms with E-state index in [2.05, 4.69) is 15.3 Å². The van der Waals surface area contributed by atoms with Crippen LogP contribution in [0, 0.1) is 5.92 Å². The largest absolute Gasteiger partial charge is 0.507 e. The van der Waals surface area contributed by atoms with Gasteiger partial charge in [0, 0.05) is 42.4 Å². The van der Waals surface area contributed by atoms with Crippen LogP contribution in [-0.2, 0) is 20.9 Å². The van der Waals surface area contributed by atoms with Gasteiger partial charge >= 0.3 is 12.0 Å². The third-order valence-corrected chi connectivity index (χ3v) is 5.55. The maximum atomic E-state index is 12.6. The van der Waals surface area contributed by atoms with Crippen molar-refractivity contribution < 1.29 is 34.0 Å². The first kappa shape index (κ1) is 28.9. The van der Waals surface area contributed by atoms with Gasteiger partial charge in [0.1, 0.15) is 18.5 Å². The molecule has 12 heteroatoms. The molecule has 0 aromatic heterocycles. The van der Waals surface area contributed by atoms with Crippen molar-refractivity contribution in [3.63, 3.8) is 0 Å². The SMILES string of the molecule is CN=C(/C=C(\N)OCc1cccc(O)c1C=O)C(=O)[NH+]=C(N)/C=C(\N)[C@H]1CC[C@@H](OC(=O)NC(C)C)C1. The van der Waals surface area contributed by atoms with E-state index >= 15 is 0 Å². The Morgan fingerprint density at radius 2 is 1.97 bits per heavy atom. The smallest absolute Gasteiger partial charge is 0.407 e. The van der Waals surface area contributed by atoms with Crippen LogP contribution in [0.3, 0.4) is 0 Å². The Labute approximate surface area is 215 Å². The molecule has 0 spiro atoms. The zero-order valence-electron chi connectivity index (χ0n) is 21.2. The number of phenols is 1. The number of hydrogen-bond acceptors (Lipinski definition) is 9. The number of hydrogen-bond donors (Lipinski definition) is 6. The van der Waals surface area contributed by atoms with Crippen LogP contribution in [0.2, 0.25) is 0 Å². The second kappa shape index (κ2) is 13.7. The van der Waals surface area contributed by atoms with Crippen LogP contribution in [0.15, 0.2) is 46.9 Å². The fraction of sp³-hybridized carbons (Fsp3) is 0.400. The van der Waals surface area contributed by atoms with Gasteiger partial charge in [-0.05, 0) is 39.2 Å². The first-order chi connectivity index (χ1) is 17.5. The summed E-state index contributed by atoms with van der Waals surface area (Å²) in [5.41, 5.74) is 18.9. The Bertz CT molecular complexity index is 1120.